The molecule has 118 valence electrons. The van der Waals surface area contributed by atoms with Gasteiger partial charge in [0, 0.05) is 23.6 Å². The summed E-state index contributed by atoms with van der Waals surface area (Å²) in [6.07, 6.45) is 1.61. The lowest BCUT2D eigenvalue weighted by Gasteiger charge is -2.15. The van der Waals surface area contributed by atoms with E-state index < -0.39 is 0 Å². The number of amides is 1. The first-order valence-electron chi connectivity index (χ1n) is 7.23. The molecule has 0 spiro atoms. The summed E-state index contributed by atoms with van der Waals surface area (Å²) in [6.45, 7) is 2.06. The van der Waals surface area contributed by atoms with Crippen LogP contribution in [0, 0.1) is 0 Å². The molecule has 6 heteroatoms. The minimum atomic E-state index is -0.0729. The minimum Gasteiger partial charge on any atom is -0.396 e. The number of carbonyl (C=O) groups excluding carboxylic acids is 1. The van der Waals surface area contributed by atoms with Crippen molar-refractivity contribution in [3.63, 3.8) is 0 Å². The van der Waals surface area contributed by atoms with Gasteiger partial charge in [-0.3, -0.25) is 4.79 Å². The zero-order chi connectivity index (χ0) is 15.9. The van der Waals surface area contributed by atoms with Crippen LogP contribution in [0.3, 0.4) is 0 Å². The number of hydrogen-bond donors (Lipinski definition) is 2. The second kappa shape index (κ2) is 8.27. The van der Waals surface area contributed by atoms with Gasteiger partial charge in [-0.05, 0) is 18.9 Å². The maximum Gasteiger partial charge on any atom is 0.226 e. The standard InChI is InChI=1S/C16H19ClN2O2S/c1-2-11(7-8-20)18-15(21)9-12-10-22-16(19-12)13-5-3-4-6-14(13)17/h3-6,10-11,20H,2,7-9H2,1H3,(H,18,21). The summed E-state index contributed by atoms with van der Waals surface area (Å²) in [5.74, 6) is -0.0729. The highest BCUT2D eigenvalue weighted by atomic mass is 35.5. The van der Waals surface area contributed by atoms with Crippen molar-refractivity contribution in [2.24, 2.45) is 0 Å². The zero-order valence-corrected chi connectivity index (χ0v) is 14.0. The molecule has 2 N–H and O–H groups in total. The molecule has 1 unspecified atom stereocenters. The molecule has 0 fully saturated rings. The SMILES string of the molecule is CCC(CCO)NC(=O)Cc1csc(-c2ccccc2Cl)n1. The van der Waals surface area contributed by atoms with Crippen LogP contribution < -0.4 is 5.32 Å². The highest BCUT2D eigenvalue weighted by Crippen LogP contribution is 2.30. The molecule has 1 aromatic carbocycles. The molecule has 0 aliphatic heterocycles. The third-order valence-corrected chi connectivity index (χ3v) is 4.59. The van der Waals surface area contributed by atoms with E-state index in [2.05, 4.69) is 10.3 Å². The normalized spacial score (nSPS) is 12.1. The summed E-state index contributed by atoms with van der Waals surface area (Å²) in [5.41, 5.74) is 1.61. The summed E-state index contributed by atoms with van der Waals surface area (Å²) < 4.78 is 0. The summed E-state index contributed by atoms with van der Waals surface area (Å²) in [6, 6.07) is 7.54. The zero-order valence-electron chi connectivity index (χ0n) is 12.4. The number of carbonyl (C=O) groups is 1. The second-order valence-corrected chi connectivity index (χ2v) is 6.25. The monoisotopic (exact) mass is 338 g/mol. The highest BCUT2D eigenvalue weighted by molar-refractivity contribution is 7.13. The number of benzene rings is 1. The Balaban J connectivity index is 2.00. The van der Waals surface area contributed by atoms with Crippen molar-refractivity contribution in [1.29, 1.82) is 0 Å². The van der Waals surface area contributed by atoms with E-state index in [0.29, 0.717) is 11.4 Å². The van der Waals surface area contributed by atoms with Gasteiger partial charge in [0.05, 0.1) is 17.1 Å². The van der Waals surface area contributed by atoms with Gasteiger partial charge in [0.25, 0.3) is 0 Å². The Morgan fingerprint density at radius 3 is 2.91 bits per heavy atom. The van der Waals surface area contributed by atoms with Gasteiger partial charge in [0.2, 0.25) is 5.91 Å². The van der Waals surface area contributed by atoms with Gasteiger partial charge >= 0.3 is 0 Å². The molecule has 2 aromatic rings. The van der Waals surface area contributed by atoms with Crippen LogP contribution in [-0.2, 0) is 11.2 Å². The number of nitrogens with zero attached hydrogens (tertiary/aromatic N) is 1. The molecule has 1 atom stereocenters. The van der Waals surface area contributed by atoms with Crippen LogP contribution in [0.5, 0.6) is 0 Å². The van der Waals surface area contributed by atoms with E-state index in [-0.39, 0.29) is 25.0 Å². The number of hydrogen-bond acceptors (Lipinski definition) is 4. The van der Waals surface area contributed by atoms with Gasteiger partial charge < -0.3 is 10.4 Å². The van der Waals surface area contributed by atoms with Crippen molar-refractivity contribution in [3.05, 3.63) is 40.4 Å². The molecule has 0 radical (unpaired) electrons. The number of nitrogens with one attached hydrogen (secondary N) is 1. The maximum absolute atomic E-state index is 12.0. The Morgan fingerprint density at radius 1 is 1.45 bits per heavy atom. The van der Waals surface area contributed by atoms with Crippen LogP contribution in [0.2, 0.25) is 5.02 Å². The first-order valence-corrected chi connectivity index (χ1v) is 8.49. The van der Waals surface area contributed by atoms with E-state index >= 15 is 0 Å². The summed E-state index contributed by atoms with van der Waals surface area (Å²) >= 11 is 7.64. The molecule has 0 aliphatic rings. The first kappa shape index (κ1) is 16.9. The van der Waals surface area contributed by atoms with E-state index in [0.717, 1.165) is 22.7 Å². The molecule has 4 nitrogen and oxygen atoms in total. The molecule has 1 aromatic heterocycles. The average Bonchev–Trinajstić information content (AvgIpc) is 2.95. The lowest BCUT2D eigenvalue weighted by molar-refractivity contribution is -0.121. The molecule has 22 heavy (non-hydrogen) atoms. The fraction of sp³-hybridized carbons (Fsp3) is 0.375. The molecular formula is C16H19ClN2O2S. The molecule has 1 amide bonds. The fourth-order valence-corrected chi connectivity index (χ4v) is 3.26. The number of aliphatic hydroxyl groups is 1. The van der Waals surface area contributed by atoms with Crippen molar-refractivity contribution in [1.82, 2.24) is 10.3 Å². The van der Waals surface area contributed by atoms with Gasteiger partial charge in [-0.25, -0.2) is 4.98 Å². The van der Waals surface area contributed by atoms with Gasteiger partial charge in [-0.1, -0.05) is 36.7 Å². The van der Waals surface area contributed by atoms with Crippen molar-refractivity contribution in [3.8, 4) is 10.6 Å². The first-order chi connectivity index (χ1) is 10.6. The van der Waals surface area contributed by atoms with Gasteiger partial charge in [0.1, 0.15) is 5.01 Å². The van der Waals surface area contributed by atoms with Crippen molar-refractivity contribution in [2.75, 3.05) is 6.61 Å². The predicted molar refractivity (Wildman–Crippen MR) is 90.2 cm³/mol. The summed E-state index contributed by atoms with van der Waals surface area (Å²) in [4.78, 5) is 16.5. The molecule has 0 saturated carbocycles. The molecule has 0 bridgehead atoms. The van der Waals surface area contributed by atoms with Crippen LogP contribution >= 0.6 is 22.9 Å². The van der Waals surface area contributed by atoms with E-state index in [9.17, 15) is 4.79 Å². The number of rotatable bonds is 7. The Kier molecular flexibility index (Phi) is 6.36. The Labute approximate surface area is 139 Å². The van der Waals surface area contributed by atoms with Crippen LogP contribution in [0.25, 0.3) is 10.6 Å². The molecule has 1 heterocycles. The van der Waals surface area contributed by atoms with E-state index in [4.69, 9.17) is 16.7 Å². The smallest absolute Gasteiger partial charge is 0.226 e. The highest BCUT2D eigenvalue weighted by Gasteiger charge is 2.13. The lowest BCUT2D eigenvalue weighted by atomic mass is 10.1. The van der Waals surface area contributed by atoms with E-state index in [1.54, 1.807) is 0 Å². The quantitative estimate of drug-likeness (QED) is 0.814. The number of aromatic nitrogens is 1. The summed E-state index contributed by atoms with van der Waals surface area (Å²) in [7, 11) is 0. The minimum absolute atomic E-state index is 0.0131. The number of aliphatic hydroxyl groups excluding tert-OH is 1. The Morgan fingerprint density at radius 2 is 2.23 bits per heavy atom. The largest absolute Gasteiger partial charge is 0.396 e. The number of thiazole rings is 1. The van der Waals surface area contributed by atoms with Crippen LogP contribution in [0.1, 0.15) is 25.5 Å². The van der Waals surface area contributed by atoms with E-state index in [1.165, 1.54) is 11.3 Å². The predicted octanol–water partition coefficient (Wildman–Crippen LogP) is 3.28. The third-order valence-electron chi connectivity index (χ3n) is 3.33. The summed E-state index contributed by atoms with van der Waals surface area (Å²) in [5, 5.41) is 15.2. The van der Waals surface area contributed by atoms with Crippen molar-refractivity contribution < 1.29 is 9.90 Å². The molecule has 0 saturated heterocycles. The molecule has 0 aliphatic carbocycles. The van der Waals surface area contributed by atoms with Crippen molar-refractivity contribution in [2.45, 2.75) is 32.2 Å². The Bertz CT molecular complexity index is 630. The van der Waals surface area contributed by atoms with Crippen LogP contribution in [0.4, 0.5) is 0 Å². The van der Waals surface area contributed by atoms with Crippen LogP contribution in [0.15, 0.2) is 29.6 Å². The average molecular weight is 339 g/mol. The van der Waals surface area contributed by atoms with Crippen LogP contribution in [-0.4, -0.2) is 28.6 Å². The topological polar surface area (TPSA) is 62.2 Å². The third kappa shape index (κ3) is 4.53. The van der Waals surface area contributed by atoms with Crippen molar-refractivity contribution >= 4 is 28.8 Å². The van der Waals surface area contributed by atoms with E-state index in [1.807, 2.05) is 36.6 Å². The van der Waals surface area contributed by atoms with Gasteiger partial charge in [0.15, 0.2) is 0 Å². The molecular weight excluding hydrogens is 320 g/mol. The second-order valence-electron chi connectivity index (χ2n) is 4.99. The number of halogens is 1. The van der Waals surface area contributed by atoms with Gasteiger partial charge in [-0.2, -0.15) is 0 Å². The Hall–Kier alpha value is -1.43. The fourth-order valence-electron chi connectivity index (χ4n) is 2.12. The van der Waals surface area contributed by atoms with Gasteiger partial charge in [-0.15, -0.1) is 11.3 Å². The maximum atomic E-state index is 12.0. The lowest BCUT2D eigenvalue weighted by Crippen LogP contribution is -2.36. The molecule has 2 rings (SSSR count).